The molecule has 6 nitrogen and oxygen atoms in total. The predicted molar refractivity (Wildman–Crippen MR) is 77.4 cm³/mol. The normalized spacial score (nSPS) is 11.2. The minimum Gasteiger partial charge on any atom is -0.492 e. The Balaban J connectivity index is 2.38. The largest absolute Gasteiger partial charge is 0.492 e. The maximum Gasteiger partial charge on any atom is 0.263 e. The number of methoxy groups -OCH3 is 1. The highest BCUT2D eigenvalue weighted by Crippen LogP contribution is 2.29. The summed E-state index contributed by atoms with van der Waals surface area (Å²) in [6, 6.07) is 4.76. The molecule has 21 heavy (non-hydrogen) atoms. The summed E-state index contributed by atoms with van der Waals surface area (Å²) in [6.07, 6.45) is 1.28. The molecule has 0 aliphatic rings. The number of rotatable bonds is 4. The molecule has 112 valence electrons. The maximum atomic E-state index is 13.7. The Labute approximate surface area is 125 Å². The third-order valence-electron chi connectivity index (χ3n) is 2.53. The Morgan fingerprint density at radius 2 is 2.10 bits per heavy atom. The van der Waals surface area contributed by atoms with E-state index in [1.165, 1.54) is 25.4 Å². The SMILES string of the molecule is COc1c(N)cc(S(=O)(=O)Nc2ccc(Cl)cn2)cc1F. The summed E-state index contributed by atoms with van der Waals surface area (Å²) < 4.78 is 44.9. The summed E-state index contributed by atoms with van der Waals surface area (Å²) in [6.45, 7) is 0. The van der Waals surface area contributed by atoms with Crippen LogP contribution in [-0.4, -0.2) is 20.5 Å². The average Bonchev–Trinajstić information content (AvgIpc) is 2.41. The number of anilines is 2. The van der Waals surface area contributed by atoms with Crippen LogP contribution in [0.4, 0.5) is 15.9 Å². The van der Waals surface area contributed by atoms with E-state index in [4.69, 9.17) is 22.1 Å². The molecule has 0 amide bonds. The van der Waals surface area contributed by atoms with Crippen LogP contribution in [0.2, 0.25) is 5.02 Å². The van der Waals surface area contributed by atoms with E-state index in [1.807, 2.05) is 0 Å². The molecule has 0 atom stereocenters. The number of nitrogen functional groups attached to an aromatic ring is 1. The molecule has 0 radical (unpaired) electrons. The quantitative estimate of drug-likeness (QED) is 0.838. The molecule has 1 aromatic heterocycles. The van der Waals surface area contributed by atoms with Crippen LogP contribution in [0.15, 0.2) is 35.4 Å². The molecule has 0 spiro atoms. The predicted octanol–water partition coefficient (Wildman–Crippen LogP) is 2.27. The standard InChI is InChI=1S/C12H11ClFN3O3S/c1-20-12-9(14)4-8(5-10(12)15)21(18,19)17-11-3-2-7(13)6-16-11/h2-6H,15H2,1H3,(H,16,17). The van der Waals surface area contributed by atoms with Gasteiger partial charge in [-0.3, -0.25) is 4.72 Å². The van der Waals surface area contributed by atoms with Crippen molar-refractivity contribution in [1.29, 1.82) is 0 Å². The first-order chi connectivity index (χ1) is 9.83. The third kappa shape index (κ3) is 3.34. The van der Waals surface area contributed by atoms with Crippen LogP contribution in [0.3, 0.4) is 0 Å². The fourth-order valence-corrected chi connectivity index (χ4v) is 2.76. The smallest absolute Gasteiger partial charge is 0.263 e. The van der Waals surface area contributed by atoms with Crippen molar-refractivity contribution >= 4 is 33.1 Å². The summed E-state index contributed by atoms with van der Waals surface area (Å²) in [5.74, 6) is -1.03. The van der Waals surface area contributed by atoms with Gasteiger partial charge in [-0.25, -0.2) is 17.8 Å². The third-order valence-corrected chi connectivity index (χ3v) is 4.08. The number of hydrogen-bond donors (Lipinski definition) is 2. The van der Waals surface area contributed by atoms with E-state index in [9.17, 15) is 12.8 Å². The zero-order valence-corrected chi connectivity index (χ0v) is 12.4. The minimum absolute atomic E-state index is 0.0502. The van der Waals surface area contributed by atoms with E-state index in [-0.39, 0.29) is 22.2 Å². The second-order valence-electron chi connectivity index (χ2n) is 3.99. The highest BCUT2D eigenvalue weighted by atomic mass is 35.5. The second-order valence-corrected chi connectivity index (χ2v) is 6.11. The highest BCUT2D eigenvalue weighted by molar-refractivity contribution is 7.92. The Kier molecular flexibility index (Phi) is 4.19. The molecule has 9 heteroatoms. The molecule has 0 fully saturated rings. The van der Waals surface area contributed by atoms with Gasteiger partial charge < -0.3 is 10.5 Å². The Bertz CT molecular complexity index is 743. The number of benzene rings is 1. The molecule has 2 aromatic rings. The molecule has 1 aromatic carbocycles. The van der Waals surface area contributed by atoms with Crippen molar-refractivity contribution < 1.29 is 17.5 Å². The van der Waals surface area contributed by atoms with Gasteiger partial charge in [-0.15, -0.1) is 0 Å². The Morgan fingerprint density at radius 3 is 2.62 bits per heavy atom. The van der Waals surface area contributed by atoms with Crippen LogP contribution in [-0.2, 0) is 10.0 Å². The zero-order valence-electron chi connectivity index (χ0n) is 10.8. The van der Waals surface area contributed by atoms with Crippen LogP contribution >= 0.6 is 11.6 Å². The van der Waals surface area contributed by atoms with E-state index < -0.39 is 15.8 Å². The number of nitrogens with two attached hydrogens (primary N) is 1. The fraction of sp³-hybridized carbons (Fsp3) is 0.0833. The van der Waals surface area contributed by atoms with Crippen molar-refractivity contribution in [3.8, 4) is 5.75 Å². The molecule has 2 rings (SSSR count). The van der Waals surface area contributed by atoms with Crippen molar-refractivity contribution in [3.63, 3.8) is 0 Å². The monoisotopic (exact) mass is 331 g/mol. The van der Waals surface area contributed by atoms with E-state index >= 15 is 0 Å². The minimum atomic E-state index is -4.03. The lowest BCUT2D eigenvalue weighted by Gasteiger charge is -2.10. The van der Waals surface area contributed by atoms with Gasteiger partial charge >= 0.3 is 0 Å². The number of ether oxygens (including phenoxy) is 1. The number of nitrogens with one attached hydrogen (secondary N) is 1. The molecule has 0 saturated heterocycles. The summed E-state index contributed by atoms with van der Waals surface area (Å²) >= 11 is 5.66. The van der Waals surface area contributed by atoms with Gasteiger partial charge in [0.1, 0.15) is 5.82 Å². The molecular formula is C12H11ClFN3O3S. The van der Waals surface area contributed by atoms with Crippen LogP contribution in [0.1, 0.15) is 0 Å². The number of sulfonamides is 1. The van der Waals surface area contributed by atoms with Crippen LogP contribution in [0.5, 0.6) is 5.75 Å². The van der Waals surface area contributed by atoms with E-state index in [0.29, 0.717) is 5.02 Å². The zero-order chi connectivity index (χ0) is 15.6. The number of hydrogen-bond acceptors (Lipinski definition) is 5. The van der Waals surface area contributed by atoms with E-state index in [2.05, 4.69) is 9.71 Å². The first-order valence-corrected chi connectivity index (χ1v) is 7.47. The van der Waals surface area contributed by atoms with Crippen LogP contribution in [0, 0.1) is 5.82 Å². The maximum absolute atomic E-state index is 13.7. The van der Waals surface area contributed by atoms with Crippen molar-refractivity contribution in [2.45, 2.75) is 4.90 Å². The van der Waals surface area contributed by atoms with Gasteiger partial charge in [0.2, 0.25) is 0 Å². The van der Waals surface area contributed by atoms with Gasteiger partial charge in [0.05, 0.1) is 22.7 Å². The lowest BCUT2D eigenvalue weighted by Crippen LogP contribution is -2.14. The Morgan fingerprint density at radius 1 is 1.38 bits per heavy atom. The van der Waals surface area contributed by atoms with Gasteiger partial charge in [0.25, 0.3) is 10.0 Å². The van der Waals surface area contributed by atoms with Gasteiger partial charge in [-0.1, -0.05) is 11.6 Å². The summed E-state index contributed by atoms with van der Waals surface area (Å²) in [5, 5.41) is 0.359. The second kappa shape index (κ2) is 5.74. The molecule has 0 unspecified atom stereocenters. The summed E-state index contributed by atoms with van der Waals surface area (Å²) in [4.78, 5) is 3.46. The molecule has 1 heterocycles. The topological polar surface area (TPSA) is 94.3 Å². The number of pyridine rings is 1. The first-order valence-electron chi connectivity index (χ1n) is 5.61. The molecule has 0 aliphatic heterocycles. The van der Waals surface area contributed by atoms with Gasteiger partial charge in [-0.2, -0.15) is 0 Å². The highest BCUT2D eigenvalue weighted by Gasteiger charge is 2.19. The molecule has 3 N–H and O–H groups in total. The molecule has 0 bridgehead atoms. The van der Waals surface area contributed by atoms with Gasteiger partial charge in [0.15, 0.2) is 11.6 Å². The number of halogens is 2. The van der Waals surface area contributed by atoms with Crippen LogP contribution < -0.4 is 15.2 Å². The summed E-state index contributed by atoms with van der Waals surface area (Å²) in [7, 11) is -2.79. The average molecular weight is 332 g/mol. The van der Waals surface area contributed by atoms with E-state index in [0.717, 1.165) is 12.1 Å². The molecule has 0 aliphatic carbocycles. The molecular weight excluding hydrogens is 321 g/mol. The molecule has 0 saturated carbocycles. The Hall–Kier alpha value is -2.06. The van der Waals surface area contributed by atoms with Crippen molar-refractivity contribution in [3.05, 3.63) is 41.3 Å². The lowest BCUT2D eigenvalue weighted by molar-refractivity contribution is 0.388. The van der Waals surface area contributed by atoms with E-state index in [1.54, 1.807) is 0 Å². The van der Waals surface area contributed by atoms with Crippen LogP contribution in [0.25, 0.3) is 0 Å². The van der Waals surface area contributed by atoms with Crippen molar-refractivity contribution in [2.75, 3.05) is 17.6 Å². The number of nitrogens with zero attached hydrogens (tertiary/aromatic N) is 1. The number of aromatic nitrogens is 1. The van der Waals surface area contributed by atoms with Gasteiger partial charge in [-0.05, 0) is 24.3 Å². The summed E-state index contributed by atoms with van der Waals surface area (Å²) in [5.41, 5.74) is 5.43. The lowest BCUT2D eigenvalue weighted by atomic mass is 10.3. The first kappa shape index (κ1) is 15.3. The fourth-order valence-electron chi connectivity index (χ4n) is 1.59. The van der Waals surface area contributed by atoms with Gasteiger partial charge in [0, 0.05) is 6.20 Å². The van der Waals surface area contributed by atoms with Crippen molar-refractivity contribution in [1.82, 2.24) is 4.98 Å². The van der Waals surface area contributed by atoms with Crippen molar-refractivity contribution in [2.24, 2.45) is 0 Å².